The minimum atomic E-state index is -0.0704. The van der Waals surface area contributed by atoms with Gasteiger partial charge in [0.15, 0.2) is 10.0 Å². The van der Waals surface area contributed by atoms with E-state index in [1.165, 1.54) is 22.7 Å². The first kappa shape index (κ1) is 23.8. The topological polar surface area (TPSA) is 84.0 Å². The normalized spacial score (nSPS) is 10.8. The third kappa shape index (κ3) is 5.24. The van der Waals surface area contributed by atoms with Crippen molar-refractivity contribution in [2.24, 2.45) is 0 Å². The molecule has 2 amide bonds. The van der Waals surface area contributed by atoms with E-state index in [2.05, 4.69) is 10.6 Å². The SMILES string of the molecule is CCC(=O)Nc1sc(-c2nc(-c3ccc(C)cc3)c(NC(=O)CC)s2)nc1-c1ccc(C)cc1. The average Bonchev–Trinajstić information content (AvgIpc) is 3.44. The van der Waals surface area contributed by atoms with Crippen molar-refractivity contribution >= 4 is 44.5 Å². The van der Waals surface area contributed by atoms with Crippen LogP contribution in [0.2, 0.25) is 0 Å². The number of carbonyl (C=O) groups is 2. The Morgan fingerprint density at radius 2 is 1.03 bits per heavy atom. The van der Waals surface area contributed by atoms with Crippen molar-refractivity contribution < 1.29 is 9.59 Å². The predicted molar refractivity (Wildman–Crippen MR) is 141 cm³/mol. The zero-order chi connectivity index (χ0) is 24.2. The number of benzene rings is 2. The van der Waals surface area contributed by atoms with Crippen LogP contribution in [-0.2, 0) is 9.59 Å². The van der Waals surface area contributed by atoms with E-state index in [9.17, 15) is 9.59 Å². The van der Waals surface area contributed by atoms with Crippen LogP contribution in [0.1, 0.15) is 37.8 Å². The van der Waals surface area contributed by atoms with Gasteiger partial charge in [0.25, 0.3) is 0 Å². The van der Waals surface area contributed by atoms with Crippen LogP contribution in [0.3, 0.4) is 0 Å². The maximum atomic E-state index is 12.2. The molecule has 0 spiro atoms. The summed E-state index contributed by atoms with van der Waals surface area (Å²) in [7, 11) is 0. The molecule has 174 valence electrons. The van der Waals surface area contributed by atoms with E-state index in [4.69, 9.17) is 9.97 Å². The molecule has 0 bridgehead atoms. The van der Waals surface area contributed by atoms with Crippen LogP contribution in [0.25, 0.3) is 32.5 Å². The van der Waals surface area contributed by atoms with E-state index in [0.29, 0.717) is 44.2 Å². The predicted octanol–water partition coefficient (Wildman–Crippen LogP) is 6.91. The maximum Gasteiger partial charge on any atom is 0.224 e. The second kappa shape index (κ2) is 10.3. The Labute approximate surface area is 207 Å². The highest BCUT2D eigenvalue weighted by atomic mass is 32.1. The number of anilines is 2. The first-order valence-corrected chi connectivity index (χ1v) is 12.8. The van der Waals surface area contributed by atoms with Crippen LogP contribution in [0.15, 0.2) is 48.5 Å². The molecule has 0 saturated heterocycles. The summed E-state index contributed by atoms with van der Waals surface area (Å²) in [5, 5.41) is 8.74. The first-order valence-electron chi connectivity index (χ1n) is 11.1. The van der Waals surface area contributed by atoms with Crippen molar-refractivity contribution in [1.82, 2.24) is 9.97 Å². The first-order chi connectivity index (χ1) is 16.4. The van der Waals surface area contributed by atoms with Gasteiger partial charge in [-0.1, -0.05) is 96.2 Å². The van der Waals surface area contributed by atoms with Crippen molar-refractivity contribution in [1.29, 1.82) is 0 Å². The van der Waals surface area contributed by atoms with Crippen LogP contribution in [0.4, 0.5) is 10.0 Å². The van der Waals surface area contributed by atoms with Gasteiger partial charge in [0.1, 0.15) is 21.4 Å². The molecule has 0 radical (unpaired) electrons. The number of thiazole rings is 2. The second-order valence-corrected chi connectivity index (χ2v) is 9.93. The molecule has 4 rings (SSSR count). The Morgan fingerprint density at radius 3 is 1.35 bits per heavy atom. The number of rotatable bonds is 7. The summed E-state index contributed by atoms with van der Waals surface area (Å²) in [4.78, 5) is 34.1. The number of hydrogen-bond acceptors (Lipinski definition) is 6. The lowest BCUT2D eigenvalue weighted by atomic mass is 10.1. The molecule has 8 heteroatoms. The van der Waals surface area contributed by atoms with Crippen molar-refractivity contribution in [3.63, 3.8) is 0 Å². The number of aryl methyl sites for hydroxylation is 2. The van der Waals surface area contributed by atoms with Gasteiger partial charge >= 0.3 is 0 Å². The Balaban J connectivity index is 1.81. The van der Waals surface area contributed by atoms with E-state index < -0.39 is 0 Å². The monoisotopic (exact) mass is 490 g/mol. The summed E-state index contributed by atoms with van der Waals surface area (Å²) in [5.41, 5.74) is 5.58. The van der Waals surface area contributed by atoms with Gasteiger partial charge in [-0.2, -0.15) is 0 Å². The van der Waals surface area contributed by atoms with Crippen LogP contribution < -0.4 is 10.6 Å². The summed E-state index contributed by atoms with van der Waals surface area (Å²) in [5.74, 6) is -0.141. The van der Waals surface area contributed by atoms with Crippen molar-refractivity contribution in [3.05, 3.63) is 59.7 Å². The fourth-order valence-electron chi connectivity index (χ4n) is 3.24. The van der Waals surface area contributed by atoms with Gasteiger partial charge < -0.3 is 10.6 Å². The molecule has 4 aromatic rings. The van der Waals surface area contributed by atoms with Gasteiger partial charge in [-0.05, 0) is 13.8 Å². The molecule has 2 aromatic carbocycles. The summed E-state index contributed by atoms with van der Waals surface area (Å²) >= 11 is 2.78. The number of carbonyl (C=O) groups excluding carboxylic acids is 2. The Bertz CT molecular complexity index is 1220. The lowest BCUT2D eigenvalue weighted by Gasteiger charge is -2.04. The molecular weight excluding hydrogens is 464 g/mol. The van der Waals surface area contributed by atoms with Gasteiger partial charge in [-0.3, -0.25) is 9.59 Å². The third-order valence-electron chi connectivity index (χ3n) is 5.24. The molecule has 0 atom stereocenters. The van der Waals surface area contributed by atoms with Crippen LogP contribution >= 0.6 is 22.7 Å². The van der Waals surface area contributed by atoms with E-state index in [1.54, 1.807) is 0 Å². The molecule has 0 aliphatic heterocycles. The fraction of sp³-hybridized carbons (Fsp3) is 0.231. The molecule has 0 unspecified atom stereocenters. The molecule has 0 aliphatic rings. The second-order valence-electron chi connectivity index (χ2n) is 7.93. The van der Waals surface area contributed by atoms with Crippen molar-refractivity contribution in [2.45, 2.75) is 40.5 Å². The van der Waals surface area contributed by atoms with Gasteiger partial charge in [-0.15, -0.1) is 0 Å². The average molecular weight is 491 g/mol. The number of hydrogen-bond donors (Lipinski definition) is 2. The van der Waals surface area contributed by atoms with Crippen LogP contribution in [0.5, 0.6) is 0 Å². The summed E-state index contributed by atoms with van der Waals surface area (Å²) in [6.07, 6.45) is 0.755. The van der Waals surface area contributed by atoms with E-state index in [1.807, 2.05) is 76.2 Å². The molecule has 0 fully saturated rings. The van der Waals surface area contributed by atoms with Crippen LogP contribution in [-0.4, -0.2) is 21.8 Å². The minimum absolute atomic E-state index is 0.0704. The Morgan fingerprint density at radius 1 is 0.676 bits per heavy atom. The molecule has 0 saturated carbocycles. The standard InChI is InChI=1S/C26H26N4O2S2/c1-5-19(31)27-23-21(17-11-7-15(3)8-12-17)29-25(33-23)26-30-22(18-13-9-16(4)10-14-18)24(34-26)28-20(32)6-2/h7-14H,5-6H2,1-4H3,(H,27,31)(H,28,32). The van der Waals surface area contributed by atoms with Crippen molar-refractivity contribution in [2.75, 3.05) is 10.6 Å². The minimum Gasteiger partial charge on any atom is -0.316 e. The summed E-state index contributed by atoms with van der Waals surface area (Å²) in [6.45, 7) is 7.70. The molecule has 0 aliphatic carbocycles. The van der Waals surface area contributed by atoms with Crippen molar-refractivity contribution in [3.8, 4) is 32.5 Å². The van der Waals surface area contributed by atoms with E-state index in [-0.39, 0.29) is 11.8 Å². The molecular formula is C26H26N4O2S2. The number of aromatic nitrogens is 2. The molecule has 2 N–H and O–H groups in total. The van der Waals surface area contributed by atoms with Gasteiger partial charge in [0, 0.05) is 24.0 Å². The largest absolute Gasteiger partial charge is 0.316 e. The highest BCUT2D eigenvalue weighted by Crippen LogP contribution is 2.43. The zero-order valence-electron chi connectivity index (χ0n) is 19.6. The summed E-state index contributed by atoms with van der Waals surface area (Å²) < 4.78 is 0. The fourth-order valence-corrected chi connectivity index (χ4v) is 5.26. The lowest BCUT2D eigenvalue weighted by Crippen LogP contribution is -2.08. The molecule has 2 heterocycles. The molecule has 2 aromatic heterocycles. The lowest BCUT2D eigenvalue weighted by molar-refractivity contribution is -0.116. The van der Waals surface area contributed by atoms with Gasteiger partial charge in [0.05, 0.1) is 0 Å². The number of nitrogens with one attached hydrogen (secondary N) is 2. The van der Waals surface area contributed by atoms with Gasteiger partial charge in [-0.25, -0.2) is 9.97 Å². The number of amides is 2. The number of nitrogens with zero attached hydrogens (tertiary/aromatic N) is 2. The molecule has 6 nitrogen and oxygen atoms in total. The zero-order valence-corrected chi connectivity index (χ0v) is 21.2. The van der Waals surface area contributed by atoms with Crippen LogP contribution in [0, 0.1) is 13.8 Å². The third-order valence-corrected chi connectivity index (χ3v) is 7.32. The Kier molecular flexibility index (Phi) is 7.19. The van der Waals surface area contributed by atoms with Gasteiger partial charge in [0.2, 0.25) is 11.8 Å². The van der Waals surface area contributed by atoms with E-state index >= 15 is 0 Å². The quantitative estimate of drug-likeness (QED) is 0.295. The summed E-state index contributed by atoms with van der Waals surface area (Å²) in [6, 6.07) is 16.1. The molecule has 34 heavy (non-hydrogen) atoms. The highest BCUT2D eigenvalue weighted by molar-refractivity contribution is 7.25. The maximum absolute atomic E-state index is 12.2. The highest BCUT2D eigenvalue weighted by Gasteiger charge is 2.21. The smallest absolute Gasteiger partial charge is 0.224 e. The Hall–Kier alpha value is -3.36. The van der Waals surface area contributed by atoms with E-state index in [0.717, 1.165) is 22.3 Å².